The van der Waals surface area contributed by atoms with Crippen molar-refractivity contribution in [3.63, 3.8) is 0 Å². The van der Waals surface area contributed by atoms with Crippen LogP contribution in [0.1, 0.15) is 11.1 Å². The van der Waals surface area contributed by atoms with Gasteiger partial charge in [0.25, 0.3) is 0 Å². The van der Waals surface area contributed by atoms with E-state index in [-0.39, 0.29) is 13.0 Å². The summed E-state index contributed by atoms with van der Waals surface area (Å²) in [6.45, 7) is -0.226. The lowest BCUT2D eigenvalue weighted by atomic mass is 10.1. The Balaban J connectivity index is 2.88. The molecular weight excluding hydrogens is 306 g/mol. The van der Waals surface area contributed by atoms with Crippen LogP contribution >= 0.6 is 0 Å². The molecule has 0 saturated heterocycles. The summed E-state index contributed by atoms with van der Waals surface area (Å²) >= 11 is 0. The number of methoxy groups -OCH3 is 2. The van der Waals surface area contributed by atoms with E-state index in [0.717, 1.165) is 6.08 Å². The highest BCUT2D eigenvalue weighted by Gasteiger charge is 2.38. The lowest BCUT2D eigenvalue weighted by molar-refractivity contribution is -0.173. The van der Waals surface area contributed by atoms with Crippen LogP contribution in [0.3, 0.4) is 0 Å². The lowest BCUT2D eigenvalue weighted by Crippen LogP contribution is -2.37. The summed E-state index contributed by atoms with van der Waals surface area (Å²) in [5, 5.41) is 1.77. The van der Waals surface area contributed by atoms with Crippen molar-refractivity contribution < 1.29 is 31.8 Å². The van der Waals surface area contributed by atoms with Gasteiger partial charge in [-0.3, -0.25) is 4.79 Å². The summed E-state index contributed by atoms with van der Waals surface area (Å²) in [4.78, 5) is 10.7. The zero-order chi connectivity index (χ0) is 16.8. The first-order valence-corrected chi connectivity index (χ1v) is 6.20. The summed E-state index contributed by atoms with van der Waals surface area (Å²) in [7, 11) is 2.76. The number of hydrogen-bond donors (Lipinski definition) is 1. The molecule has 122 valence electrons. The Bertz CT molecular complexity index is 556. The fourth-order valence-corrected chi connectivity index (χ4v) is 1.79. The summed E-state index contributed by atoms with van der Waals surface area (Å²) < 4.78 is 58.7. The number of benzene rings is 1. The van der Waals surface area contributed by atoms with Crippen molar-refractivity contribution >= 4 is 12.0 Å². The van der Waals surface area contributed by atoms with E-state index >= 15 is 0 Å². The molecule has 0 unspecified atom stereocenters. The number of nitrogens with one attached hydrogen (secondary N) is 1. The fourth-order valence-electron chi connectivity index (χ4n) is 1.79. The molecule has 0 spiro atoms. The summed E-state index contributed by atoms with van der Waals surface area (Å²) in [6.07, 6.45) is -3.32. The number of ether oxygens (including phenoxy) is 2. The van der Waals surface area contributed by atoms with Gasteiger partial charge in [-0.15, -0.1) is 0 Å². The van der Waals surface area contributed by atoms with Crippen molar-refractivity contribution in [2.24, 2.45) is 0 Å². The first kappa shape index (κ1) is 17.8. The van der Waals surface area contributed by atoms with Gasteiger partial charge in [-0.1, -0.05) is 0 Å². The van der Waals surface area contributed by atoms with Crippen molar-refractivity contribution in [3.05, 3.63) is 29.6 Å². The van der Waals surface area contributed by atoms with Gasteiger partial charge in [0.1, 0.15) is 11.5 Å². The molecule has 0 aliphatic rings. The van der Waals surface area contributed by atoms with Crippen LogP contribution in [0.4, 0.5) is 17.6 Å². The van der Waals surface area contributed by atoms with Crippen LogP contribution in [0.2, 0.25) is 0 Å². The monoisotopic (exact) mass is 321 g/mol. The molecule has 0 bridgehead atoms. The normalized spacial score (nSPS) is 11.5. The molecule has 4 nitrogen and oxygen atoms in total. The summed E-state index contributed by atoms with van der Waals surface area (Å²) in [6, 6.07) is 3.02. The Morgan fingerprint density at radius 2 is 1.86 bits per heavy atom. The SMILES string of the molecule is COc1cc(CCNC(=O)C(F)(F)F)c(OC)cc1C=CF. The molecule has 1 aromatic rings. The molecule has 0 atom stereocenters. The molecule has 0 heterocycles. The van der Waals surface area contributed by atoms with E-state index in [1.807, 2.05) is 0 Å². The highest BCUT2D eigenvalue weighted by molar-refractivity contribution is 5.81. The molecule has 22 heavy (non-hydrogen) atoms. The van der Waals surface area contributed by atoms with Crippen molar-refractivity contribution in [1.82, 2.24) is 5.32 Å². The highest BCUT2D eigenvalue weighted by Crippen LogP contribution is 2.30. The van der Waals surface area contributed by atoms with E-state index in [4.69, 9.17) is 9.47 Å². The Morgan fingerprint density at radius 3 is 2.36 bits per heavy atom. The fraction of sp³-hybridized carbons (Fsp3) is 0.357. The van der Waals surface area contributed by atoms with Crippen LogP contribution < -0.4 is 14.8 Å². The second kappa shape index (κ2) is 7.67. The minimum atomic E-state index is -4.92. The second-order valence-corrected chi connectivity index (χ2v) is 4.20. The first-order chi connectivity index (χ1) is 10.3. The Hall–Kier alpha value is -2.25. The third kappa shape index (κ3) is 4.64. The van der Waals surface area contributed by atoms with E-state index in [2.05, 4.69) is 0 Å². The van der Waals surface area contributed by atoms with Gasteiger partial charge in [0.2, 0.25) is 0 Å². The quantitative estimate of drug-likeness (QED) is 0.820. The van der Waals surface area contributed by atoms with Gasteiger partial charge in [-0.25, -0.2) is 4.39 Å². The van der Waals surface area contributed by atoms with E-state index in [0.29, 0.717) is 29.0 Å². The van der Waals surface area contributed by atoms with E-state index in [1.165, 1.54) is 26.4 Å². The molecule has 0 saturated carbocycles. The molecule has 1 rings (SSSR count). The summed E-state index contributed by atoms with van der Waals surface area (Å²) in [5.74, 6) is -1.31. The largest absolute Gasteiger partial charge is 0.496 e. The van der Waals surface area contributed by atoms with Crippen molar-refractivity contribution in [2.75, 3.05) is 20.8 Å². The van der Waals surface area contributed by atoms with Crippen LogP contribution in [-0.2, 0) is 11.2 Å². The number of carbonyl (C=O) groups excluding carboxylic acids is 1. The van der Waals surface area contributed by atoms with Crippen LogP contribution in [0, 0.1) is 0 Å². The smallest absolute Gasteiger partial charge is 0.471 e. The molecule has 0 fully saturated rings. The highest BCUT2D eigenvalue weighted by atomic mass is 19.4. The first-order valence-electron chi connectivity index (χ1n) is 6.20. The van der Waals surface area contributed by atoms with Crippen molar-refractivity contribution in [3.8, 4) is 11.5 Å². The number of halogens is 4. The van der Waals surface area contributed by atoms with Gasteiger partial charge in [0.15, 0.2) is 0 Å². The molecule has 8 heteroatoms. The summed E-state index contributed by atoms with van der Waals surface area (Å²) in [5.41, 5.74) is 0.947. The molecule has 1 amide bonds. The van der Waals surface area contributed by atoms with Crippen LogP contribution in [0.5, 0.6) is 11.5 Å². The molecule has 1 aromatic carbocycles. The van der Waals surface area contributed by atoms with Gasteiger partial charge in [-0.2, -0.15) is 13.2 Å². The Morgan fingerprint density at radius 1 is 1.23 bits per heavy atom. The topological polar surface area (TPSA) is 47.6 Å². The molecular formula is C14H15F4NO3. The Kier molecular flexibility index (Phi) is 6.21. The predicted octanol–water partition coefficient (Wildman–Crippen LogP) is 2.87. The maximum absolute atomic E-state index is 12.3. The second-order valence-electron chi connectivity index (χ2n) is 4.20. The number of alkyl halides is 3. The number of hydrogen-bond acceptors (Lipinski definition) is 3. The minimum Gasteiger partial charge on any atom is -0.496 e. The van der Waals surface area contributed by atoms with E-state index < -0.39 is 12.1 Å². The van der Waals surface area contributed by atoms with Crippen LogP contribution in [-0.4, -0.2) is 32.8 Å². The number of amides is 1. The molecule has 0 aliphatic heterocycles. The molecule has 1 N–H and O–H groups in total. The van der Waals surface area contributed by atoms with Crippen molar-refractivity contribution in [1.29, 1.82) is 0 Å². The Labute approximate surface area is 124 Å². The number of rotatable bonds is 6. The lowest BCUT2D eigenvalue weighted by Gasteiger charge is -2.14. The number of carbonyl (C=O) groups is 1. The third-order valence-electron chi connectivity index (χ3n) is 2.81. The zero-order valence-corrected chi connectivity index (χ0v) is 12.0. The van der Waals surface area contributed by atoms with Gasteiger partial charge in [-0.05, 0) is 30.2 Å². The average Bonchev–Trinajstić information content (AvgIpc) is 2.47. The van der Waals surface area contributed by atoms with Gasteiger partial charge < -0.3 is 14.8 Å². The van der Waals surface area contributed by atoms with E-state index in [1.54, 1.807) is 5.32 Å². The molecule has 0 aromatic heterocycles. The molecule has 0 aliphatic carbocycles. The van der Waals surface area contributed by atoms with Crippen molar-refractivity contribution in [2.45, 2.75) is 12.6 Å². The van der Waals surface area contributed by atoms with E-state index in [9.17, 15) is 22.4 Å². The third-order valence-corrected chi connectivity index (χ3v) is 2.81. The average molecular weight is 321 g/mol. The van der Waals surface area contributed by atoms with Crippen LogP contribution in [0.25, 0.3) is 6.08 Å². The standard InChI is InChI=1S/C14H15F4NO3/c1-21-11-8-10(4-6-19-13(20)14(16,17)18)12(22-2)7-9(11)3-5-15/h3,5,7-8H,4,6H2,1-2H3,(H,19,20). The van der Waals surface area contributed by atoms with Gasteiger partial charge in [0.05, 0.1) is 20.5 Å². The van der Waals surface area contributed by atoms with Gasteiger partial charge >= 0.3 is 12.1 Å². The maximum Gasteiger partial charge on any atom is 0.471 e. The van der Waals surface area contributed by atoms with Crippen LogP contribution in [0.15, 0.2) is 18.5 Å². The predicted molar refractivity (Wildman–Crippen MR) is 72.5 cm³/mol. The van der Waals surface area contributed by atoms with Gasteiger partial charge in [0, 0.05) is 12.1 Å². The minimum absolute atomic E-state index is 0.0982. The maximum atomic E-state index is 12.3. The molecule has 0 radical (unpaired) electrons. The zero-order valence-electron chi connectivity index (χ0n) is 12.0.